The lowest BCUT2D eigenvalue weighted by Gasteiger charge is -2.09. The van der Waals surface area contributed by atoms with Crippen LogP contribution in [0.5, 0.6) is 0 Å². The molecule has 1 rings (SSSR count). The number of alkyl halides is 3. The van der Waals surface area contributed by atoms with Crippen LogP contribution in [0.25, 0.3) is 0 Å². The molecule has 0 aliphatic rings. The van der Waals surface area contributed by atoms with Crippen LogP contribution in [0.1, 0.15) is 24.0 Å². The van der Waals surface area contributed by atoms with E-state index in [9.17, 15) is 22.8 Å². The monoisotopic (exact) mass is 273 g/mol. The second-order valence-corrected chi connectivity index (χ2v) is 4.31. The molecule has 0 fully saturated rings. The van der Waals surface area contributed by atoms with Gasteiger partial charge in [-0.25, -0.2) is 0 Å². The van der Waals surface area contributed by atoms with E-state index in [1.807, 2.05) is 6.92 Å². The van der Waals surface area contributed by atoms with Crippen LogP contribution < -0.4 is 5.32 Å². The largest absolute Gasteiger partial charge is 0.389 e. The Morgan fingerprint density at radius 3 is 2.37 bits per heavy atom. The number of anilines is 1. The van der Waals surface area contributed by atoms with E-state index in [1.54, 1.807) is 25.1 Å². The number of Topliss-reactive ketones (excluding diaryl/α,β-unsaturated/α-hetero) is 1. The van der Waals surface area contributed by atoms with Gasteiger partial charge in [0, 0.05) is 12.1 Å². The Morgan fingerprint density at radius 2 is 1.84 bits per heavy atom. The molecule has 19 heavy (non-hydrogen) atoms. The van der Waals surface area contributed by atoms with Gasteiger partial charge in [0.25, 0.3) is 5.91 Å². The van der Waals surface area contributed by atoms with Crippen LogP contribution in [0.4, 0.5) is 18.9 Å². The Hall–Kier alpha value is -1.85. The topological polar surface area (TPSA) is 46.2 Å². The Labute approximate surface area is 108 Å². The number of hydrogen-bond acceptors (Lipinski definition) is 2. The van der Waals surface area contributed by atoms with Crippen LogP contribution >= 0.6 is 0 Å². The van der Waals surface area contributed by atoms with Gasteiger partial charge in [-0.05, 0) is 25.5 Å². The zero-order chi connectivity index (χ0) is 14.6. The number of hydrogen-bond donors (Lipinski definition) is 1. The van der Waals surface area contributed by atoms with E-state index in [1.165, 1.54) is 0 Å². The summed E-state index contributed by atoms with van der Waals surface area (Å²) in [4.78, 5) is 22.7. The van der Waals surface area contributed by atoms with Gasteiger partial charge in [0.1, 0.15) is 0 Å². The summed E-state index contributed by atoms with van der Waals surface area (Å²) in [5.41, 5.74) is 2.16. The highest BCUT2D eigenvalue weighted by atomic mass is 19.4. The van der Waals surface area contributed by atoms with Gasteiger partial charge in [-0.3, -0.25) is 9.59 Å². The van der Waals surface area contributed by atoms with E-state index in [0.29, 0.717) is 5.69 Å². The normalized spacial score (nSPS) is 11.2. The molecule has 0 aliphatic heterocycles. The second-order valence-electron chi connectivity index (χ2n) is 4.31. The van der Waals surface area contributed by atoms with E-state index in [4.69, 9.17) is 0 Å². The summed E-state index contributed by atoms with van der Waals surface area (Å²) in [6.07, 6.45) is -6.55. The van der Waals surface area contributed by atoms with Gasteiger partial charge in [-0.1, -0.05) is 17.7 Å². The number of halogens is 3. The zero-order valence-electron chi connectivity index (χ0n) is 10.6. The van der Waals surface area contributed by atoms with Crippen molar-refractivity contribution in [2.45, 2.75) is 32.9 Å². The zero-order valence-corrected chi connectivity index (χ0v) is 10.6. The maximum atomic E-state index is 11.9. The molecule has 0 aliphatic carbocycles. The fourth-order valence-electron chi connectivity index (χ4n) is 1.51. The van der Waals surface area contributed by atoms with Gasteiger partial charge in [0.2, 0.25) is 5.78 Å². The summed E-state index contributed by atoms with van der Waals surface area (Å²) >= 11 is 0. The second kappa shape index (κ2) is 5.86. The molecule has 0 saturated carbocycles. The molecule has 1 aromatic rings. The first-order chi connectivity index (χ1) is 8.69. The summed E-state index contributed by atoms with van der Waals surface area (Å²) in [6.45, 7) is 3.61. The molecular weight excluding hydrogens is 259 g/mol. The number of carbonyl (C=O) groups is 2. The van der Waals surface area contributed by atoms with Crippen LogP contribution in [0.15, 0.2) is 18.2 Å². The van der Waals surface area contributed by atoms with Gasteiger partial charge in [0.05, 0.1) is 6.42 Å². The lowest BCUT2D eigenvalue weighted by Crippen LogP contribution is -2.24. The lowest BCUT2D eigenvalue weighted by molar-refractivity contribution is -0.146. The molecule has 1 N–H and O–H groups in total. The van der Waals surface area contributed by atoms with E-state index >= 15 is 0 Å². The maximum Gasteiger partial charge on any atom is 0.389 e. The van der Waals surface area contributed by atoms with Crippen molar-refractivity contribution < 1.29 is 22.8 Å². The molecule has 0 aromatic heterocycles. The number of aryl methyl sites for hydroxylation is 2. The Kier molecular flexibility index (Phi) is 4.69. The van der Waals surface area contributed by atoms with Crippen molar-refractivity contribution >= 4 is 17.4 Å². The summed E-state index contributed by atoms with van der Waals surface area (Å²) in [6, 6.07) is 5.15. The molecule has 0 atom stereocenters. The van der Waals surface area contributed by atoms with Crippen molar-refractivity contribution in [2.75, 3.05) is 5.32 Å². The smallest absolute Gasteiger partial charge is 0.319 e. The third-order valence-corrected chi connectivity index (χ3v) is 2.52. The molecule has 0 spiro atoms. The predicted molar refractivity (Wildman–Crippen MR) is 64.8 cm³/mol. The summed E-state index contributed by atoms with van der Waals surface area (Å²) in [5, 5.41) is 2.32. The highest BCUT2D eigenvalue weighted by Gasteiger charge is 2.29. The number of benzene rings is 1. The Morgan fingerprint density at radius 1 is 1.21 bits per heavy atom. The van der Waals surface area contributed by atoms with Crippen LogP contribution in [0.3, 0.4) is 0 Å². The first-order valence-corrected chi connectivity index (χ1v) is 5.67. The minimum absolute atomic E-state index is 0.427. The SMILES string of the molecule is Cc1ccc(NC(=O)C(=O)CCC(F)(F)F)c(C)c1. The van der Waals surface area contributed by atoms with Crippen molar-refractivity contribution in [2.24, 2.45) is 0 Å². The average Bonchev–Trinajstić information content (AvgIpc) is 2.28. The number of rotatable bonds is 4. The summed E-state index contributed by atoms with van der Waals surface area (Å²) < 4.78 is 35.8. The van der Waals surface area contributed by atoms with Crippen LogP contribution in [-0.4, -0.2) is 17.9 Å². The molecule has 0 unspecified atom stereocenters. The maximum absolute atomic E-state index is 11.9. The first kappa shape index (κ1) is 15.2. The molecule has 1 amide bonds. The molecule has 0 bridgehead atoms. The Bertz CT molecular complexity index is 495. The molecule has 3 nitrogen and oxygen atoms in total. The van der Waals surface area contributed by atoms with Crippen LogP contribution in [0, 0.1) is 13.8 Å². The van der Waals surface area contributed by atoms with E-state index in [0.717, 1.165) is 11.1 Å². The van der Waals surface area contributed by atoms with Gasteiger partial charge >= 0.3 is 6.18 Å². The minimum Gasteiger partial charge on any atom is -0.319 e. The molecule has 0 heterocycles. The van der Waals surface area contributed by atoms with E-state index < -0.39 is 30.7 Å². The lowest BCUT2D eigenvalue weighted by atomic mass is 10.1. The molecular formula is C13H14F3NO2. The van der Waals surface area contributed by atoms with Gasteiger partial charge in [-0.2, -0.15) is 13.2 Å². The highest BCUT2D eigenvalue weighted by Crippen LogP contribution is 2.22. The number of amides is 1. The number of ketones is 1. The van der Waals surface area contributed by atoms with Gasteiger partial charge < -0.3 is 5.32 Å². The first-order valence-electron chi connectivity index (χ1n) is 5.67. The molecule has 0 radical (unpaired) electrons. The molecule has 0 saturated heterocycles. The van der Waals surface area contributed by atoms with E-state index in [2.05, 4.69) is 5.32 Å². The van der Waals surface area contributed by atoms with E-state index in [-0.39, 0.29) is 0 Å². The van der Waals surface area contributed by atoms with Gasteiger partial charge in [0.15, 0.2) is 0 Å². The van der Waals surface area contributed by atoms with Crippen LogP contribution in [-0.2, 0) is 9.59 Å². The van der Waals surface area contributed by atoms with Crippen molar-refractivity contribution in [1.82, 2.24) is 0 Å². The fourth-order valence-corrected chi connectivity index (χ4v) is 1.51. The quantitative estimate of drug-likeness (QED) is 0.856. The van der Waals surface area contributed by atoms with Crippen molar-refractivity contribution in [1.29, 1.82) is 0 Å². The van der Waals surface area contributed by atoms with Crippen molar-refractivity contribution in [3.05, 3.63) is 29.3 Å². The Balaban J connectivity index is 2.62. The molecule has 6 heteroatoms. The van der Waals surface area contributed by atoms with Crippen LogP contribution in [0.2, 0.25) is 0 Å². The predicted octanol–water partition coefficient (Wildman–Crippen LogP) is 3.15. The fraction of sp³-hybridized carbons (Fsp3) is 0.385. The number of nitrogens with one attached hydrogen (secondary N) is 1. The third kappa shape index (κ3) is 5.11. The van der Waals surface area contributed by atoms with Crippen molar-refractivity contribution in [3.8, 4) is 0 Å². The minimum atomic E-state index is -4.43. The van der Waals surface area contributed by atoms with Crippen molar-refractivity contribution in [3.63, 3.8) is 0 Å². The standard InChI is InChI=1S/C13H14F3NO2/c1-8-3-4-10(9(2)7-8)17-12(19)11(18)5-6-13(14,15)16/h3-4,7H,5-6H2,1-2H3,(H,17,19). The third-order valence-electron chi connectivity index (χ3n) is 2.52. The highest BCUT2D eigenvalue weighted by molar-refractivity contribution is 6.40. The average molecular weight is 273 g/mol. The molecule has 1 aromatic carbocycles. The number of carbonyl (C=O) groups excluding carboxylic acids is 2. The molecule has 104 valence electrons. The summed E-state index contributed by atoms with van der Waals surface area (Å²) in [7, 11) is 0. The van der Waals surface area contributed by atoms with Gasteiger partial charge in [-0.15, -0.1) is 0 Å². The summed E-state index contributed by atoms with van der Waals surface area (Å²) in [5.74, 6) is -2.09.